The average molecular weight is 1350 g/mol. The van der Waals surface area contributed by atoms with Gasteiger partial charge in [-0.05, 0) is 109 Å². The predicted molar refractivity (Wildman–Crippen MR) is 419 cm³/mol. The lowest BCUT2D eigenvalue weighted by Crippen LogP contribution is -2.40. The number of carbonyl (C=O) groups is 3. The predicted octanol–water partition coefficient (Wildman–Crippen LogP) is 26.3. The van der Waals surface area contributed by atoms with Crippen LogP contribution in [0.15, 0.2) is 122 Å². The van der Waals surface area contributed by atoms with Crippen molar-refractivity contribution in [2.24, 2.45) is 0 Å². The van der Waals surface area contributed by atoms with Crippen molar-refractivity contribution >= 4 is 17.9 Å². The van der Waals surface area contributed by atoms with E-state index in [0.29, 0.717) is 23.9 Å². The first kappa shape index (κ1) is 92.7. The molecule has 0 amide bonds. The van der Waals surface area contributed by atoms with Crippen LogP contribution in [-0.4, -0.2) is 87.4 Å². The summed E-state index contributed by atoms with van der Waals surface area (Å²) in [5.74, 6) is -1.99. The third-order valence-corrected chi connectivity index (χ3v) is 17.7. The Morgan fingerprint density at radius 3 is 0.876 bits per heavy atom. The molecule has 0 aromatic heterocycles. The Labute approximate surface area is 599 Å². The largest absolute Gasteiger partial charge is 0.477 e. The normalized spacial score (nSPS) is 13.3. The lowest BCUT2D eigenvalue weighted by Gasteiger charge is -2.25. The highest BCUT2D eigenvalue weighted by atomic mass is 16.7. The Hall–Kier alpha value is -4.31. The van der Waals surface area contributed by atoms with E-state index in [1.54, 1.807) is 0 Å². The molecule has 0 aromatic rings. The van der Waals surface area contributed by atoms with Crippen molar-refractivity contribution in [3.8, 4) is 0 Å². The summed E-state index contributed by atoms with van der Waals surface area (Å²) in [6, 6.07) is 0. The maximum Gasteiger partial charge on any atom is 0.361 e. The number of hydrogen-bond acceptors (Lipinski definition) is 7. The molecule has 2 unspecified atom stereocenters. The van der Waals surface area contributed by atoms with Crippen molar-refractivity contribution in [2.45, 2.75) is 373 Å². The van der Waals surface area contributed by atoms with Crippen molar-refractivity contribution in [2.75, 3.05) is 47.5 Å². The van der Waals surface area contributed by atoms with E-state index in [4.69, 9.17) is 18.9 Å². The molecule has 1 N–H and O–H groups in total. The Bertz CT molecular complexity index is 2020. The molecular formula is C88H154NO8+. The van der Waals surface area contributed by atoms with Crippen LogP contribution in [0.5, 0.6) is 0 Å². The highest BCUT2D eigenvalue weighted by Gasteiger charge is 2.25. The second-order valence-electron chi connectivity index (χ2n) is 28.3. The van der Waals surface area contributed by atoms with E-state index in [1.165, 1.54) is 231 Å². The van der Waals surface area contributed by atoms with E-state index < -0.39 is 24.3 Å². The highest BCUT2D eigenvalue weighted by molar-refractivity contribution is 5.71. The van der Waals surface area contributed by atoms with Gasteiger partial charge in [0.15, 0.2) is 6.10 Å². The summed E-state index contributed by atoms with van der Waals surface area (Å²) in [4.78, 5) is 37.8. The van der Waals surface area contributed by atoms with Crippen molar-refractivity contribution in [1.29, 1.82) is 0 Å². The Balaban J connectivity index is 4.04. The summed E-state index contributed by atoms with van der Waals surface area (Å²) in [7, 11) is 5.99. The zero-order chi connectivity index (χ0) is 70.4. The standard InChI is InChI=1S/C88H153NO8/c1-6-8-10-12-14-16-18-20-22-24-26-28-30-32-34-36-38-40-42-43-45-47-49-51-53-55-57-59-61-63-65-67-69-71-73-75-77-79-86(91)97-84(83-96-88(87(92)93)94-81-80-89(3,4)5)82-95-85(90)78-76-74-72-70-68-66-64-62-60-58-56-54-52-50-48-46-44-41-39-37-35-33-31-29-27-25-23-21-19-17-15-13-11-9-7-2/h8,10,14,16,19-22,25-28,32,34,38,40,43,45,49,51,84,88H,6-7,9,11-13,15,17-18,23-24,29-31,33,35-37,39,41-42,44,46-48,50,52-83H2,1-5H3/p+1/b10-8-,16-14-,21-19-,22-20-,27-25-,28-26-,34-32-,40-38-,45-43-,51-49-. The van der Waals surface area contributed by atoms with Crippen molar-refractivity contribution < 1.29 is 42.9 Å². The van der Waals surface area contributed by atoms with Gasteiger partial charge in [0.25, 0.3) is 6.29 Å². The first-order valence-corrected chi connectivity index (χ1v) is 40.7. The van der Waals surface area contributed by atoms with Crippen molar-refractivity contribution in [3.05, 3.63) is 122 Å². The first-order chi connectivity index (χ1) is 47.6. The van der Waals surface area contributed by atoms with Gasteiger partial charge in [0, 0.05) is 12.8 Å². The zero-order valence-electron chi connectivity index (χ0n) is 64.0. The van der Waals surface area contributed by atoms with Crippen molar-refractivity contribution in [3.63, 3.8) is 0 Å². The minimum atomic E-state index is -1.52. The summed E-state index contributed by atoms with van der Waals surface area (Å²) < 4.78 is 23.1. The molecule has 9 heteroatoms. The number of carbonyl (C=O) groups excluding carboxylic acids is 2. The molecule has 0 bridgehead atoms. The monoisotopic (exact) mass is 1350 g/mol. The molecular weight excluding hydrogens is 1200 g/mol. The number of rotatable bonds is 75. The lowest BCUT2D eigenvalue weighted by atomic mass is 10.0. The van der Waals surface area contributed by atoms with Crippen LogP contribution in [-0.2, 0) is 33.3 Å². The van der Waals surface area contributed by atoms with Crippen molar-refractivity contribution in [1.82, 2.24) is 0 Å². The number of allylic oxidation sites excluding steroid dienone is 20. The Morgan fingerprint density at radius 1 is 0.320 bits per heavy atom. The molecule has 2 atom stereocenters. The van der Waals surface area contributed by atoms with Gasteiger partial charge in [-0.2, -0.15) is 0 Å². The van der Waals surface area contributed by atoms with Gasteiger partial charge in [-0.15, -0.1) is 0 Å². The van der Waals surface area contributed by atoms with E-state index in [1.807, 2.05) is 21.1 Å². The molecule has 0 spiro atoms. The Morgan fingerprint density at radius 2 is 0.588 bits per heavy atom. The fourth-order valence-corrected chi connectivity index (χ4v) is 11.5. The molecule has 0 saturated heterocycles. The zero-order valence-corrected chi connectivity index (χ0v) is 64.0. The molecule has 9 nitrogen and oxygen atoms in total. The number of quaternary nitrogens is 1. The van der Waals surface area contributed by atoms with Crippen LogP contribution in [0, 0.1) is 0 Å². The summed E-state index contributed by atoms with van der Waals surface area (Å²) in [6.07, 6.45) is 108. The molecule has 0 aliphatic rings. The molecule has 0 saturated carbocycles. The van der Waals surface area contributed by atoms with Crippen LogP contribution in [0.4, 0.5) is 0 Å². The van der Waals surface area contributed by atoms with Crippen LogP contribution in [0.25, 0.3) is 0 Å². The van der Waals surface area contributed by atoms with Gasteiger partial charge in [0.1, 0.15) is 13.2 Å². The highest BCUT2D eigenvalue weighted by Crippen LogP contribution is 2.19. The van der Waals surface area contributed by atoms with E-state index >= 15 is 0 Å². The summed E-state index contributed by atoms with van der Waals surface area (Å²) in [5, 5.41) is 9.78. The molecule has 0 rings (SSSR count). The second kappa shape index (κ2) is 77.4. The molecule has 97 heavy (non-hydrogen) atoms. The lowest BCUT2D eigenvalue weighted by molar-refractivity contribution is -0.870. The fraction of sp³-hybridized carbons (Fsp3) is 0.739. The van der Waals surface area contributed by atoms with Crippen LogP contribution < -0.4 is 0 Å². The SMILES string of the molecule is CC/C=C\C/C=C\C/C=C\C/C=C\C/C=C\C/C=C\C/C=C\C/C=C\CCCCCCCCCCCCCCC(=O)OC(COC(=O)CCCCCCCCCCCCCCCCCCCCCCCCC/C=C\C/C=C\CCCCCCC)COC(OCC[N+](C)(C)C)C(=O)O. The number of ether oxygens (including phenoxy) is 4. The summed E-state index contributed by atoms with van der Waals surface area (Å²) in [5.41, 5.74) is 0. The number of carboxylic acid groups (broad SMARTS) is 1. The molecule has 0 aliphatic heterocycles. The van der Waals surface area contributed by atoms with Crippen LogP contribution in [0.2, 0.25) is 0 Å². The fourth-order valence-electron chi connectivity index (χ4n) is 11.5. The van der Waals surface area contributed by atoms with Gasteiger partial charge in [-0.3, -0.25) is 9.59 Å². The van der Waals surface area contributed by atoms with E-state index in [-0.39, 0.29) is 32.2 Å². The minimum Gasteiger partial charge on any atom is -0.477 e. The first-order valence-electron chi connectivity index (χ1n) is 40.7. The van der Waals surface area contributed by atoms with Gasteiger partial charge in [-0.1, -0.05) is 360 Å². The quantitative estimate of drug-likeness (QED) is 0.0211. The van der Waals surface area contributed by atoms with Gasteiger partial charge < -0.3 is 28.5 Å². The summed E-state index contributed by atoms with van der Waals surface area (Å²) >= 11 is 0. The number of unbranched alkanes of at least 4 members (excludes halogenated alkanes) is 40. The third kappa shape index (κ3) is 78.9. The van der Waals surface area contributed by atoms with Crippen LogP contribution in [0.1, 0.15) is 361 Å². The number of carboxylic acids is 1. The second-order valence-corrected chi connectivity index (χ2v) is 28.3. The number of hydrogen-bond donors (Lipinski definition) is 1. The molecule has 0 heterocycles. The maximum absolute atomic E-state index is 13.0. The number of esters is 2. The molecule has 0 aromatic carbocycles. The number of nitrogens with zero attached hydrogens (tertiary/aromatic N) is 1. The number of likely N-dealkylation sites (N-methyl/N-ethyl adjacent to an activating group) is 1. The average Bonchev–Trinajstić information content (AvgIpc) is 3.11. The summed E-state index contributed by atoms with van der Waals surface area (Å²) in [6.45, 7) is 4.79. The number of aliphatic carboxylic acids is 1. The van der Waals surface area contributed by atoms with E-state index in [9.17, 15) is 19.5 Å². The topological polar surface area (TPSA) is 108 Å². The van der Waals surface area contributed by atoms with Gasteiger partial charge >= 0.3 is 17.9 Å². The van der Waals surface area contributed by atoms with E-state index in [2.05, 4.69) is 135 Å². The van der Waals surface area contributed by atoms with Crippen LogP contribution >= 0.6 is 0 Å². The molecule has 0 radical (unpaired) electrons. The molecule has 558 valence electrons. The van der Waals surface area contributed by atoms with Crippen LogP contribution in [0.3, 0.4) is 0 Å². The minimum absolute atomic E-state index is 0.184. The molecule has 0 aliphatic carbocycles. The smallest absolute Gasteiger partial charge is 0.361 e. The molecule has 0 fully saturated rings. The van der Waals surface area contributed by atoms with E-state index in [0.717, 1.165) is 96.3 Å². The third-order valence-electron chi connectivity index (χ3n) is 17.7. The van der Waals surface area contributed by atoms with Gasteiger partial charge in [-0.25, -0.2) is 4.79 Å². The Kier molecular flexibility index (Phi) is 74.0. The van der Waals surface area contributed by atoms with Gasteiger partial charge in [0.05, 0.1) is 34.4 Å². The maximum atomic E-state index is 13.0. The van der Waals surface area contributed by atoms with Gasteiger partial charge in [0.2, 0.25) is 0 Å².